The number of anilines is 1. The summed E-state index contributed by atoms with van der Waals surface area (Å²) in [6.07, 6.45) is 2.20. The van der Waals surface area contributed by atoms with Gasteiger partial charge < -0.3 is 15.5 Å². The maximum atomic E-state index is 11.9. The molecule has 0 aromatic heterocycles. The van der Waals surface area contributed by atoms with E-state index < -0.39 is 0 Å². The van der Waals surface area contributed by atoms with E-state index >= 15 is 0 Å². The number of likely N-dealkylation sites (tertiary alicyclic amines) is 1. The van der Waals surface area contributed by atoms with E-state index in [-0.39, 0.29) is 5.91 Å². The second-order valence-corrected chi connectivity index (χ2v) is 6.31. The lowest BCUT2D eigenvalue weighted by Gasteiger charge is -2.35. The first-order valence-electron chi connectivity index (χ1n) is 7.04. The van der Waals surface area contributed by atoms with Crippen molar-refractivity contribution in [3.63, 3.8) is 0 Å². The lowest BCUT2D eigenvalue weighted by atomic mass is 9.99. The van der Waals surface area contributed by atoms with Gasteiger partial charge in [0.2, 0.25) is 5.91 Å². The van der Waals surface area contributed by atoms with Gasteiger partial charge in [-0.1, -0.05) is 12.1 Å². The van der Waals surface area contributed by atoms with Crippen LogP contribution in [0, 0.1) is 0 Å². The molecule has 1 aromatic rings. The van der Waals surface area contributed by atoms with Crippen molar-refractivity contribution >= 4 is 27.5 Å². The van der Waals surface area contributed by atoms with Crippen molar-refractivity contribution in [2.45, 2.75) is 31.8 Å². The highest BCUT2D eigenvalue weighted by Crippen LogP contribution is 2.21. The molecule has 20 heavy (non-hydrogen) atoms. The van der Waals surface area contributed by atoms with Crippen molar-refractivity contribution < 1.29 is 4.79 Å². The number of hydrogen-bond donors (Lipinski definition) is 2. The third-order valence-corrected chi connectivity index (χ3v) is 4.60. The van der Waals surface area contributed by atoms with Gasteiger partial charge in [-0.2, -0.15) is 0 Å². The topological polar surface area (TPSA) is 44.4 Å². The van der Waals surface area contributed by atoms with Gasteiger partial charge in [-0.25, -0.2) is 0 Å². The van der Waals surface area contributed by atoms with Crippen molar-refractivity contribution in [3.05, 3.63) is 28.7 Å². The smallest absolute Gasteiger partial charge is 0.238 e. The summed E-state index contributed by atoms with van der Waals surface area (Å²) in [4.78, 5) is 14.3. The highest BCUT2D eigenvalue weighted by Gasteiger charge is 2.22. The van der Waals surface area contributed by atoms with Crippen molar-refractivity contribution in [2.75, 3.05) is 25.5 Å². The number of amides is 1. The van der Waals surface area contributed by atoms with E-state index in [4.69, 9.17) is 0 Å². The van der Waals surface area contributed by atoms with Gasteiger partial charge in [0.25, 0.3) is 0 Å². The Bertz CT molecular complexity index is 466. The average Bonchev–Trinajstić information content (AvgIpc) is 2.43. The van der Waals surface area contributed by atoms with Gasteiger partial charge in [-0.3, -0.25) is 4.79 Å². The fourth-order valence-electron chi connectivity index (χ4n) is 2.47. The van der Waals surface area contributed by atoms with E-state index in [1.807, 2.05) is 24.3 Å². The van der Waals surface area contributed by atoms with Crippen LogP contribution in [0.1, 0.15) is 19.8 Å². The van der Waals surface area contributed by atoms with Gasteiger partial charge in [0.15, 0.2) is 0 Å². The average molecular weight is 340 g/mol. The summed E-state index contributed by atoms with van der Waals surface area (Å²) in [5.41, 5.74) is 0.816. The molecule has 2 rings (SSSR count). The summed E-state index contributed by atoms with van der Waals surface area (Å²) < 4.78 is 0.904. The molecule has 1 saturated heterocycles. The number of halogens is 1. The first-order valence-corrected chi connectivity index (χ1v) is 7.83. The van der Waals surface area contributed by atoms with Crippen LogP contribution in [0.2, 0.25) is 0 Å². The minimum Gasteiger partial charge on any atom is -0.324 e. The number of hydrogen-bond acceptors (Lipinski definition) is 3. The second-order valence-electron chi connectivity index (χ2n) is 5.46. The Kier molecular flexibility index (Phi) is 5.57. The third-order valence-electron chi connectivity index (χ3n) is 3.91. The Morgan fingerprint density at radius 3 is 2.90 bits per heavy atom. The minimum atomic E-state index is 0.00322. The van der Waals surface area contributed by atoms with Crippen LogP contribution in [-0.4, -0.2) is 43.0 Å². The van der Waals surface area contributed by atoms with Crippen LogP contribution in [0.5, 0.6) is 0 Å². The van der Waals surface area contributed by atoms with Crippen molar-refractivity contribution in [1.29, 1.82) is 0 Å². The fraction of sp³-hybridized carbons (Fsp3) is 0.533. The molecule has 4 nitrogen and oxygen atoms in total. The summed E-state index contributed by atoms with van der Waals surface area (Å²) in [6.45, 7) is 3.68. The molecule has 0 bridgehead atoms. The van der Waals surface area contributed by atoms with E-state index in [9.17, 15) is 4.79 Å². The Balaban J connectivity index is 1.77. The van der Waals surface area contributed by atoms with Gasteiger partial charge in [0.1, 0.15) is 0 Å². The largest absolute Gasteiger partial charge is 0.324 e. The van der Waals surface area contributed by atoms with Gasteiger partial charge >= 0.3 is 0 Å². The molecule has 1 fully saturated rings. The van der Waals surface area contributed by atoms with E-state index in [2.05, 4.69) is 45.4 Å². The van der Waals surface area contributed by atoms with E-state index in [0.717, 1.165) is 29.5 Å². The Morgan fingerprint density at radius 1 is 1.45 bits per heavy atom. The number of benzene rings is 1. The molecule has 1 heterocycles. The number of nitrogens with one attached hydrogen (secondary N) is 2. The molecular formula is C15H22BrN3O. The summed E-state index contributed by atoms with van der Waals surface area (Å²) in [5.74, 6) is 0.00322. The predicted molar refractivity (Wildman–Crippen MR) is 85.9 cm³/mol. The molecular weight excluding hydrogens is 318 g/mol. The molecule has 0 spiro atoms. The normalized spacial score (nSPS) is 23.6. The van der Waals surface area contributed by atoms with Crippen LogP contribution in [0.3, 0.4) is 0 Å². The third kappa shape index (κ3) is 4.30. The summed E-state index contributed by atoms with van der Waals surface area (Å²) in [6, 6.07) is 8.66. The van der Waals surface area contributed by atoms with E-state index in [1.165, 1.54) is 0 Å². The molecule has 1 aliphatic heterocycles. The monoisotopic (exact) mass is 339 g/mol. The molecule has 1 amide bonds. The lowest BCUT2D eigenvalue weighted by Crippen LogP contribution is -2.47. The number of carbonyl (C=O) groups excluding carboxylic acids is 1. The van der Waals surface area contributed by atoms with Gasteiger partial charge in [0.05, 0.1) is 12.2 Å². The van der Waals surface area contributed by atoms with Crippen LogP contribution >= 0.6 is 15.9 Å². The maximum Gasteiger partial charge on any atom is 0.238 e. The van der Waals surface area contributed by atoms with Crippen molar-refractivity contribution in [3.8, 4) is 0 Å². The number of carbonyl (C=O) groups is 1. The Hall–Kier alpha value is -0.910. The van der Waals surface area contributed by atoms with Crippen LogP contribution in [-0.2, 0) is 4.79 Å². The SMILES string of the molecule is CC1CC(NCC(=O)Nc2ccccc2Br)CCN1C. The molecule has 2 atom stereocenters. The summed E-state index contributed by atoms with van der Waals surface area (Å²) in [7, 11) is 2.15. The molecule has 0 aliphatic carbocycles. The number of rotatable bonds is 4. The zero-order valence-corrected chi connectivity index (χ0v) is 13.6. The molecule has 2 unspecified atom stereocenters. The Labute approximate surface area is 129 Å². The Morgan fingerprint density at radius 2 is 2.20 bits per heavy atom. The standard InChI is InChI=1S/C15H22BrN3O/c1-11-9-12(7-8-19(11)2)17-10-15(20)18-14-6-4-3-5-13(14)16/h3-6,11-12,17H,7-10H2,1-2H3,(H,18,20). The minimum absolute atomic E-state index is 0.00322. The molecule has 2 N–H and O–H groups in total. The molecule has 0 saturated carbocycles. The molecule has 1 aliphatic rings. The quantitative estimate of drug-likeness (QED) is 0.885. The molecule has 0 radical (unpaired) electrons. The first kappa shape index (κ1) is 15.5. The van der Waals surface area contributed by atoms with Crippen LogP contribution in [0.25, 0.3) is 0 Å². The lowest BCUT2D eigenvalue weighted by molar-refractivity contribution is -0.115. The van der Waals surface area contributed by atoms with Crippen LogP contribution < -0.4 is 10.6 Å². The highest BCUT2D eigenvalue weighted by atomic mass is 79.9. The zero-order valence-electron chi connectivity index (χ0n) is 12.0. The van der Waals surface area contributed by atoms with E-state index in [1.54, 1.807) is 0 Å². The number of para-hydroxylation sites is 1. The van der Waals surface area contributed by atoms with Gasteiger partial charge in [0, 0.05) is 16.6 Å². The zero-order chi connectivity index (χ0) is 14.5. The summed E-state index contributed by atoms with van der Waals surface area (Å²) in [5, 5.41) is 6.27. The van der Waals surface area contributed by atoms with Crippen molar-refractivity contribution in [2.24, 2.45) is 0 Å². The number of nitrogens with zero attached hydrogens (tertiary/aromatic N) is 1. The predicted octanol–water partition coefficient (Wildman–Crippen LogP) is 2.46. The van der Waals surface area contributed by atoms with Crippen molar-refractivity contribution in [1.82, 2.24) is 10.2 Å². The van der Waals surface area contributed by atoms with Gasteiger partial charge in [-0.05, 0) is 61.4 Å². The molecule has 110 valence electrons. The summed E-state index contributed by atoms with van der Waals surface area (Å²) >= 11 is 3.43. The van der Waals surface area contributed by atoms with Crippen LogP contribution in [0.15, 0.2) is 28.7 Å². The van der Waals surface area contributed by atoms with Gasteiger partial charge in [-0.15, -0.1) is 0 Å². The molecule has 1 aromatic carbocycles. The number of piperidine rings is 1. The maximum absolute atomic E-state index is 11.9. The highest BCUT2D eigenvalue weighted by molar-refractivity contribution is 9.10. The first-order chi connectivity index (χ1) is 9.56. The fourth-order valence-corrected chi connectivity index (χ4v) is 2.85. The molecule has 5 heteroatoms. The second kappa shape index (κ2) is 7.20. The van der Waals surface area contributed by atoms with E-state index in [0.29, 0.717) is 18.6 Å². The van der Waals surface area contributed by atoms with Crippen LogP contribution in [0.4, 0.5) is 5.69 Å².